The number of aldehydes is 1. The van der Waals surface area contributed by atoms with Crippen LogP contribution in [0.3, 0.4) is 0 Å². The molecule has 0 N–H and O–H groups in total. The fraction of sp³-hybridized carbons (Fsp3) is 0.611. The summed E-state index contributed by atoms with van der Waals surface area (Å²) < 4.78 is 0. The van der Waals surface area contributed by atoms with Crippen molar-refractivity contribution in [3.05, 3.63) is 34.9 Å². The summed E-state index contributed by atoms with van der Waals surface area (Å²) >= 11 is 5.84. The van der Waals surface area contributed by atoms with Crippen LogP contribution in [0.1, 0.15) is 32.8 Å². The standard InChI is InChI=1S/C9H9ClO.C7H16N2.C2H6/c10-9-6-2-1-4-8(9)5-3-7-11;1-3-9-6-4-8(2)5-7-9;1-2/h1-2,4,6-7H,3,5H2;3-7H2,1-2H3;1-2H3. The van der Waals surface area contributed by atoms with Gasteiger partial charge in [0.2, 0.25) is 0 Å². The normalized spacial score (nSPS) is 15.1. The monoisotopic (exact) mass is 326 g/mol. The second-order valence-corrected chi connectivity index (χ2v) is 5.44. The van der Waals surface area contributed by atoms with E-state index < -0.39 is 0 Å². The molecule has 1 aliphatic rings. The van der Waals surface area contributed by atoms with E-state index in [0.29, 0.717) is 6.42 Å². The minimum absolute atomic E-state index is 0.545. The second-order valence-electron chi connectivity index (χ2n) is 5.03. The number of rotatable bonds is 4. The van der Waals surface area contributed by atoms with Crippen LogP contribution >= 0.6 is 11.6 Å². The van der Waals surface area contributed by atoms with Crippen LogP contribution in [0.25, 0.3) is 0 Å². The lowest BCUT2D eigenvalue weighted by atomic mass is 10.1. The minimum atomic E-state index is 0.545. The SMILES string of the molecule is CC.CCN1CCN(C)CC1.O=CCCc1ccccc1Cl. The molecule has 0 unspecified atom stereocenters. The summed E-state index contributed by atoms with van der Waals surface area (Å²) in [5.41, 5.74) is 1.04. The molecule has 0 aromatic heterocycles. The summed E-state index contributed by atoms with van der Waals surface area (Å²) in [6.45, 7) is 12.4. The first-order valence-corrected chi connectivity index (χ1v) is 8.63. The molecule has 3 nitrogen and oxygen atoms in total. The van der Waals surface area contributed by atoms with Crippen LogP contribution in [-0.2, 0) is 11.2 Å². The zero-order valence-electron chi connectivity index (χ0n) is 14.5. The summed E-state index contributed by atoms with van der Waals surface area (Å²) in [6, 6.07) is 7.58. The van der Waals surface area contributed by atoms with Gasteiger partial charge in [0.1, 0.15) is 6.29 Å². The molecule has 1 saturated heterocycles. The van der Waals surface area contributed by atoms with Gasteiger partial charge in [-0.15, -0.1) is 0 Å². The highest BCUT2D eigenvalue weighted by Crippen LogP contribution is 2.15. The summed E-state index contributed by atoms with van der Waals surface area (Å²) in [4.78, 5) is 14.9. The molecule has 1 heterocycles. The third-order valence-electron chi connectivity index (χ3n) is 3.53. The number of halogens is 1. The van der Waals surface area contributed by atoms with Crippen LogP contribution in [0.5, 0.6) is 0 Å². The Morgan fingerprint density at radius 1 is 1.14 bits per heavy atom. The number of carbonyl (C=O) groups is 1. The maximum Gasteiger partial charge on any atom is 0.120 e. The van der Waals surface area contributed by atoms with E-state index in [1.807, 2.05) is 38.1 Å². The van der Waals surface area contributed by atoms with Gasteiger partial charge in [-0.25, -0.2) is 0 Å². The number of benzene rings is 1. The number of nitrogens with zero attached hydrogens (tertiary/aromatic N) is 2. The van der Waals surface area contributed by atoms with E-state index in [4.69, 9.17) is 11.6 Å². The molecule has 0 amide bonds. The molecular formula is C18H31ClN2O. The Bertz CT molecular complexity index is 390. The van der Waals surface area contributed by atoms with Crippen molar-refractivity contribution in [3.8, 4) is 0 Å². The van der Waals surface area contributed by atoms with E-state index in [0.717, 1.165) is 23.3 Å². The Balaban J connectivity index is 0.000000366. The lowest BCUT2D eigenvalue weighted by Crippen LogP contribution is -2.44. The van der Waals surface area contributed by atoms with Crippen LogP contribution in [-0.4, -0.2) is 55.9 Å². The van der Waals surface area contributed by atoms with E-state index in [9.17, 15) is 4.79 Å². The largest absolute Gasteiger partial charge is 0.304 e. The van der Waals surface area contributed by atoms with Crippen molar-refractivity contribution in [1.29, 1.82) is 0 Å². The van der Waals surface area contributed by atoms with Crippen molar-refractivity contribution in [2.75, 3.05) is 39.8 Å². The molecule has 1 aliphatic heterocycles. The third kappa shape index (κ3) is 9.19. The van der Waals surface area contributed by atoms with Crippen molar-refractivity contribution in [3.63, 3.8) is 0 Å². The van der Waals surface area contributed by atoms with Crippen LogP contribution in [0, 0.1) is 0 Å². The molecule has 0 bridgehead atoms. The molecular weight excluding hydrogens is 296 g/mol. The number of carbonyl (C=O) groups excluding carboxylic acids is 1. The van der Waals surface area contributed by atoms with Crippen molar-refractivity contribution in [2.45, 2.75) is 33.6 Å². The molecule has 0 saturated carbocycles. The average Bonchev–Trinajstić information content (AvgIpc) is 2.57. The maximum atomic E-state index is 10.0. The van der Waals surface area contributed by atoms with Crippen LogP contribution in [0.15, 0.2) is 24.3 Å². The fourth-order valence-corrected chi connectivity index (χ4v) is 2.31. The van der Waals surface area contributed by atoms with E-state index >= 15 is 0 Å². The molecule has 22 heavy (non-hydrogen) atoms. The lowest BCUT2D eigenvalue weighted by Gasteiger charge is -2.31. The number of hydrogen-bond acceptors (Lipinski definition) is 3. The maximum absolute atomic E-state index is 10.0. The summed E-state index contributed by atoms with van der Waals surface area (Å²) in [5, 5.41) is 0.745. The van der Waals surface area contributed by atoms with Gasteiger partial charge in [0.15, 0.2) is 0 Å². The first-order chi connectivity index (χ1) is 10.7. The molecule has 0 spiro atoms. The number of aryl methyl sites for hydroxylation is 1. The van der Waals surface area contributed by atoms with Gasteiger partial charge >= 0.3 is 0 Å². The molecule has 1 aromatic carbocycles. The predicted molar refractivity (Wildman–Crippen MR) is 96.8 cm³/mol. The van der Waals surface area contributed by atoms with Gasteiger partial charge < -0.3 is 14.6 Å². The van der Waals surface area contributed by atoms with Crippen molar-refractivity contribution < 1.29 is 4.79 Å². The van der Waals surface area contributed by atoms with Crippen molar-refractivity contribution in [1.82, 2.24) is 9.80 Å². The summed E-state index contributed by atoms with van der Waals surface area (Å²) in [5.74, 6) is 0. The second kappa shape index (κ2) is 13.7. The quantitative estimate of drug-likeness (QED) is 0.787. The third-order valence-corrected chi connectivity index (χ3v) is 3.90. The van der Waals surface area contributed by atoms with E-state index in [2.05, 4.69) is 23.8 Å². The summed E-state index contributed by atoms with van der Waals surface area (Å²) in [7, 11) is 2.19. The average molecular weight is 327 g/mol. The van der Waals surface area contributed by atoms with Gasteiger partial charge in [0.25, 0.3) is 0 Å². The highest BCUT2D eigenvalue weighted by Gasteiger charge is 2.10. The molecule has 4 heteroatoms. The molecule has 0 radical (unpaired) electrons. The van der Waals surface area contributed by atoms with Crippen LogP contribution < -0.4 is 0 Å². The lowest BCUT2D eigenvalue weighted by molar-refractivity contribution is -0.107. The van der Waals surface area contributed by atoms with Gasteiger partial charge in [-0.3, -0.25) is 0 Å². The van der Waals surface area contributed by atoms with Gasteiger partial charge in [-0.05, 0) is 31.6 Å². The zero-order chi connectivity index (χ0) is 16.8. The van der Waals surface area contributed by atoms with E-state index in [1.54, 1.807) is 0 Å². The number of hydrogen-bond donors (Lipinski definition) is 0. The Hall–Kier alpha value is -0.900. The van der Waals surface area contributed by atoms with Gasteiger partial charge in [-0.2, -0.15) is 0 Å². The van der Waals surface area contributed by atoms with Gasteiger partial charge in [0.05, 0.1) is 0 Å². The topological polar surface area (TPSA) is 23.6 Å². The smallest absolute Gasteiger partial charge is 0.120 e. The Kier molecular flexibility index (Phi) is 13.2. The van der Waals surface area contributed by atoms with Crippen LogP contribution in [0.2, 0.25) is 5.02 Å². The fourth-order valence-electron chi connectivity index (χ4n) is 2.08. The first kappa shape index (κ1) is 21.1. The Morgan fingerprint density at radius 2 is 1.73 bits per heavy atom. The number of piperazine rings is 1. The molecule has 1 fully saturated rings. The predicted octanol–water partition coefficient (Wildman–Crippen LogP) is 3.75. The highest BCUT2D eigenvalue weighted by atomic mass is 35.5. The Morgan fingerprint density at radius 3 is 2.23 bits per heavy atom. The Labute approximate surface area is 141 Å². The van der Waals surface area contributed by atoms with Crippen LogP contribution in [0.4, 0.5) is 0 Å². The first-order valence-electron chi connectivity index (χ1n) is 8.25. The molecule has 0 atom stereocenters. The van der Waals surface area contributed by atoms with E-state index in [1.165, 1.54) is 32.7 Å². The van der Waals surface area contributed by atoms with E-state index in [-0.39, 0.29) is 0 Å². The summed E-state index contributed by atoms with van der Waals surface area (Å²) in [6.07, 6.45) is 2.19. The molecule has 2 rings (SSSR count). The van der Waals surface area contributed by atoms with Crippen molar-refractivity contribution in [2.24, 2.45) is 0 Å². The molecule has 0 aliphatic carbocycles. The zero-order valence-corrected chi connectivity index (χ0v) is 15.3. The molecule has 1 aromatic rings. The van der Waals surface area contributed by atoms with Crippen molar-refractivity contribution >= 4 is 17.9 Å². The van der Waals surface area contributed by atoms with Gasteiger partial charge in [0, 0.05) is 37.6 Å². The number of likely N-dealkylation sites (N-methyl/N-ethyl adjacent to an activating group) is 2. The molecule has 126 valence electrons. The van der Waals surface area contributed by atoms with Gasteiger partial charge in [-0.1, -0.05) is 50.6 Å². The highest BCUT2D eigenvalue weighted by molar-refractivity contribution is 6.31. The minimum Gasteiger partial charge on any atom is -0.304 e.